The zero-order valence-electron chi connectivity index (χ0n) is 12.2. The Hall–Kier alpha value is -0.500. The van der Waals surface area contributed by atoms with E-state index < -0.39 is 0 Å². The molecule has 1 aromatic rings. The molecular formula is C13H23BrN6. The number of hydrogen-bond donors (Lipinski definition) is 1. The number of aryl methyl sites for hydroxylation is 1. The average molecular weight is 343 g/mol. The molecule has 3 aliphatic rings. The molecule has 112 valence electrons. The SMILES string of the molecule is CCCNC(c1c(Br)nnn1C)C1CN2CCN1CC2. The van der Waals surface area contributed by atoms with Gasteiger partial charge in [0.1, 0.15) is 0 Å². The van der Waals surface area contributed by atoms with E-state index in [0.29, 0.717) is 6.04 Å². The van der Waals surface area contributed by atoms with Crippen LogP contribution in [0.1, 0.15) is 25.1 Å². The summed E-state index contributed by atoms with van der Waals surface area (Å²) in [5.41, 5.74) is 1.16. The molecule has 1 aromatic heterocycles. The van der Waals surface area contributed by atoms with Crippen LogP contribution in [0.4, 0.5) is 0 Å². The fourth-order valence-corrected chi connectivity index (χ4v) is 3.93. The van der Waals surface area contributed by atoms with Crippen LogP contribution in [-0.2, 0) is 7.05 Å². The van der Waals surface area contributed by atoms with Crippen molar-refractivity contribution in [3.05, 3.63) is 10.3 Å². The molecule has 2 atom stereocenters. The molecule has 2 unspecified atom stereocenters. The highest BCUT2D eigenvalue weighted by molar-refractivity contribution is 9.10. The van der Waals surface area contributed by atoms with E-state index in [4.69, 9.17) is 0 Å². The first kappa shape index (κ1) is 14.4. The van der Waals surface area contributed by atoms with Gasteiger partial charge in [-0.3, -0.25) is 9.80 Å². The van der Waals surface area contributed by atoms with Crippen LogP contribution in [0.5, 0.6) is 0 Å². The maximum absolute atomic E-state index is 4.16. The molecule has 4 heterocycles. The molecule has 1 N–H and O–H groups in total. The molecule has 0 spiro atoms. The van der Waals surface area contributed by atoms with E-state index in [-0.39, 0.29) is 6.04 Å². The van der Waals surface area contributed by atoms with Gasteiger partial charge in [0.15, 0.2) is 4.60 Å². The van der Waals surface area contributed by atoms with E-state index in [1.807, 2.05) is 11.7 Å². The molecule has 0 radical (unpaired) electrons. The highest BCUT2D eigenvalue weighted by Gasteiger charge is 2.39. The smallest absolute Gasteiger partial charge is 0.153 e. The van der Waals surface area contributed by atoms with Gasteiger partial charge in [0.2, 0.25) is 0 Å². The van der Waals surface area contributed by atoms with E-state index in [9.17, 15) is 0 Å². The second-order valence-electron chi connectivity index (χ2n) is 5.72. The lowest BCUT2D eigenvalue weighted by atomic mass is 9.97. The molecule has 3 aliphatic heterocycles. The molecule has 0 amide bonds. The lowest BCUT2D eigenvalue weighted by molar-refractivity contribution is -0.00493. The van der Waals surface area contributed by atoms with E-state index in [1.54, 1.807) is 0 Å². The molecule has 4 rings (SSSR count). The van der Waals surface area contributed by atoms with Crippen LogP contribution in [0, 0.1) is 0 Å². The van der Waals surface area contributed by atoms with E-state index in [0.717, 1.165) is 29.8 Å². The van der Waals surface area contributed by atoms with Crippen molar-refractivity contribution in [2.45, 2.75) is 25.4 Å². The standard InChI is InChI=1S/C13H23BrN6/c1-3-4-15-11(12-13(14)16-17-18(12)2)10-9-19-5-7-20(10)8-6-19/h10-11,15H,3-9H2,1-2H3. The summed E-state index contributed by atoms with van der Waals surface area (Å²) >= 11 is 3.56. The Labute approximate surface area is 128 Å². The molecule has 0 aromatic carbocycles. The molecule has 3 fully saturated rings. The minimum absolute atomic E-state index is 0.285. The van der Waals surface area contributed by atoms with Crippen molar-refractivity contribution in [2.75, 3.05) is 39.3 Å². The van der Waals surface area contributed by atoms with Gasteiger partial charge in [-0.15, -0.1) is 5.10 Å². The number of hydrogen-bond acceptors (Lipinski definition) is 5. The van der Waals surface area contributed by atoms with Crippen molar-refractivity contribution in [3.8, 4) is 0 Å². The third-order valence-electron chi connectivity index (χ3n) is 4.44. The van der Waals surface area contributed by atoms with Crippen molar-refractivity contribution in [2.24, 2.45) is 7.05 Å². The van der Waals surface area contributed by atoms with Crippen LogP contribution in [0.2, 0.25) is 0 Å². The van der Waals surface area contributed by atoms with Crippen molar-refractivity contribution in [1.82, 2.24) is 30.1 Å². The van der Waals surface area contributed by atoms with Gasteiger partial charge >= 0.3 is 0 Å². The topological polar surface area (TPSA) is 49.2 Å². The lowest BCUT2D eigenvalue weighted by Gasteiger charge is -2.50. The number of nitrogens with zero attached hydrogens (tertiary/aromatic N) is 5. The Morgan fingerprint density at radius 3 is 2.60 bits per heavy atom. The third-order valence-corrected chi connectivity index (χ3v) is 5.01. The van der Waals surface area contributed by atoms with Crippen LogP contribution in [-0.4, -0.2) is 70.1 Å². The Bertz CT molecular complexity index is 434. The number of halogens is 1. The zero-order chi connectivity index (χ0) is 14.1. The monoisotopic (exact) mass is 342 g/mol. The van der Waals surface area contributed by atoms with Gasteiger partial charge in [0.05, 0.1) is 11.7 Å². The van der Waals surface area contributed by atoms with Crippen molar-refractivity contribution >= 4 is 15.9 Å². The molecule has 2 bridgehead atoms. The number of fused-ring (bicyclic) bond motifs is 3. The highest BCUT2D eigenvalue weighted by Crippen LogP contribution is 2.30. The molecule has 3 saturated heterocycles. The van der Waals surface area contributed by atoms with Gasteiger partial charge in [0, 0.05) is 45.8 Å². The van der Waals surface area contributed by atoms with Crippen LogP contribution < -0.4 is 5.32 Å². The third kappa shape index (κ3) is 2.64. The van der Waals surface area contributed by atoms with Crippen molar-refractivity contribution < 1.29 is 0 Å². The van der Waals surface area contributed by atoms with Crippen LogP contribution in [0.25, 0.3) is 0 Å². The Kier molecular flexibility index (Phi) is 4.40. The predicted octanol–water partition coefficient (Wildman–Crippen LogP) is 0.618. The summed E-state index contributed by atoms with van der Waals surface area (Å²) in [7, 11) is 1.98. The van der Waals surface area contributed by atoms with Gasteiger partial charge in [-0.05, 0) is 28.9 Å². The Balaban J connectivity index is 1.86. The number of rotatable bonds is 5. The van der Waals surface area contributed by atoms with Crippen molar-refractivity contribution in [1.29, 1.82) is 0 Å². The molecule has 7 heteroatoms. The summed E-state index contributed by atoms with van der Waals surface area (Å²) in [5.74, 6) is 0. The number of nitrogens with one attached hydrogen (secondary N) is 1. The maximum atomic E-state index is 4.16. The normalized spacial score (nSPS) is 30.6. The molecule has 0 saturated carbocycles. The highest BCUT2D eigenvalue weighted by atomic mass is 79.9. The Morgan fingerprint density at radius 2 is 2.10 bits per heavy atom. The van der Waals surface area contributed by atoms with E-state index >= 15 is 0 Å². The summed E-state index contributed by atoms with van der Waals surface area (Å²) < 4.78 is 2.77. The van der Waals surface area contributed by atoms with Gasteiger partial charge in [0.25, 0.3) is 0 Å². The molecule has 0 aliphatic carbocycles. The van der Waals surface area contributed by atoms with E-state index in [1.165, 1.54) is 26.2 Å². The van der Waals surface area contributed by atoms with Crippen molar-refractivity contribution in [3.63, 3.8) is 0 Å². The minimum atomic E-state index is 0.285. The first-order valence-corrected chi connectivity index (χ1v) is 8.25. The summed E-state index contributed by atoms with van der Waals surface area (Å²) in [6.07, 6.45) is 1.13. The summed E-state index contributed by atoms with van der Waals surface area (Å²) in [4.78, 5) is 5.19. The summed E-state index contributed by atoms with van der Waals surface area (Å²) in [6, 6.07) is 0.796. The van der Waals surface area contributed by atoms with Gasteiger partial charge in [-0.25, -0.2) is 4.68 Å². The van der Waals surface area contributed by atoms with Gasteiger partial charge in [-0.2, -0.15) is 0 Å². The van der Waals surface area contributed by atoms with Crippen LogP contribution >= 0.6 is 15.9 Å². The quantitative estimate of drug-likeness (QED) is 0.849. The Morgan fingerprint density at radius 1 is 1.35 bits per heavy atom. The molecule has 20 heavy (non-hydrogen) atoms. The number of piperazine rings is 3. The molecular weight excluding hydrogens is 320 g/mol. The number of aromatic nitrogens is 3. The van der Waals surface area contributed by atoms with Crippen LogP contribution in [0.3, 0.4) is 0 Å². The second kappa shape index (κ2) is 6.09. The zero-order valence-corrected chi connectivity index (χ0v) is 13.8. The molecule has 6 nitrogen and oxygen atoms in total. The summed E-state index contributed by atoms with van der Waals surface area (Å²) in [5, 5.41) is 12.0. The minimum Gasteiger partial charge on any atom is -0.307 e. The van der Waals surface area contributed by atoms with Crippen LogP contribution in [0.15, 0.2) is 4.60 Å². The first-order valence-electron chi connectivity index (χ1n) is 7.45. The lowest BCUT2D eigenvalue weighted by Crippen LogP contribution is -2.64. The largest absolute Gasteiger partial charge is 0.307 e. The van der Waals surface area contributed by atoms with E-state index in [2.05, 4.69) is 48.3 Å². The van der Waals surface area contributed by atoms with Gasteiger partial charge < -0.3 is 5.32 Å². The van der Waals surface area contributed by atoms with Gasteiger partial charge in [-0.1, -0.05) is 12.1 Å². The predicted molar refractivity (Wildman–Crippen MR) is 81.5 cm³/mol. The fraction of sp³-hybridized carbons (Fsp3) is 0.846. The first-order chi connectivity index (χ1) is 9.70. The maximum Gasteiger partial charge on any atom is 0.153 e. The average Bonchev–Trinajstić information content (AvgIpc) is 2.81. The summed E-state index contributed by atoms with van der Waals surface area (Å²) in [6.45, 7) is 9.14. The fourth-order valence-electron chi connectivity index (χ4n) is 3.36. The second-order valence-corrected chi connectivity index (χ2v) is 6.48.